The Morgan fingerprint density at radius 2 is 2.33 bits per heavy atom. The lowest BCUT2D eigenvalue weighted by atomic mass is 10.4. The first-order valence-corrected chi connectivity index (χ1v) is 4.61. The van der Waals surface area contributed by atoms with Crippen LogP contribution in [0.25, 0.3) is 0 Å². The third-order valence-corrected chi connectivity index (χ3v) is 2.03. The Morgan fingerprint density at radius 3 is 2.80 bits per heavy atom. The normalized spacial score (nSPS) is 12.1. The highest BCUT2D eigenvalue weighted by molar-refractivity contribution is 5.54. The maximum atomic E-state index is 8.79. The highest BCUT2D eigenvalue weighted by Crippen LogP contribution is 2.25. The monoisotopic (exact) mass is 209 g/mol. The molecule has 0 aliphatic rings. The molecule has 15 heavy (non-hydrogen) atoms. The second-order valence-corrected chi connectivity index (χ2v) is 3.34. The van der Waals surface area contributed by atoms with Crippen LogP contribution in [0.5, 0.6) is 5.88 Å². The molecule has 5 heteroatoms. The van der Waals surface area contributed by atoms with Crippen LogP contribution in [0.2, 0.25) is 0 Å². The number of rotatable bonds is 4. The van der Waals surface area contributed by atoms with Crippen LogP contribution in [0.15, 0.2) is 6.07 Å². The molecule has 0 saturated carbocycles. The van der Waals surface area contributed by atoms with Crippen LogP contribution < -0.4 is 10.5 Å². The van der Waals surface area contributed by atoms with Gasteiger partial charge in [0.25, 0.3) is 0 Å². The fourth-order valence-corrected chi connectivity index (χ4v) is 1.32. The molecule has 0 radical (unpaired) electrons. The molecule has 1 rings (SSSR count). The van der Waals surface area contributed by atoms with E-state index in [1.807, 2.05) is 13.0 Å². The van der Waals surface area contributed by atoms with E-state index in [1.54, 1.807) is 24.8 Å². The van der Waals surface area contributed by atoms with E-state index in [4.69, 9.17) is 20.5 Å². The average molecular weight is 209 g/mol. The molecular weight excluding hydrogens is 194 g/mol. The third kappa shape index (κ3) is 2.42. The molecule has 0 unspecified atom stereocenters. The molecule has 0 spiro atoms. The summed E-state index contributed by atoms with van der Waals surface area (Å²) in [5.41, 5.74) is 6.67. The Balaban J connectivity index is 2.86. The van der Waals surface area contributed by atoms with Crippen molar-refractivity contribution in [2.75, 3.05) is 19.5 Å². The van der Waals surface area contributed by atoms with Crippen molar-refractivity contribution in [1.82, 2.24) is 4.57 Å². The number of ether oxygens (including phenoxy) is 2. The van der Waals surface area contributed by atoms with Crippen LogP contribution in [0, 0.1) is 11.3 Å². The molecule has 0 bridgehead atoms. The van der Waals surface area contributed by atoms with Crippen LogP contribution >= 0.6 is 0 Å². The molecule has 0 aliphatic heterocycles. The summed E-state index contributed by atoms with van der Waals surface area (Å²) in [6.07, 6.45) is -0.0996. The van der Waals surface area contributed by atoms with Crippen LogP contribution in [-0.4, -0.2) is 24.4 Å². The predicted octanol–water partition coefficient (Wildman–Crippen LogP) is 0.893. The highest BCUT2D eigenvalue weighted by Gasteiger charge is 2.13. The molecule has 0 fully saturated rings. The van der Waals surface area contributed by atoms with Crippen molar-refractivity contribution < 1.29 is 9.47 Å². The fraction of sp³-hybridized carbons (Fsp3) is 0.500. The van der Waals surface area contributed by atoms with Gasteiger partial charge in [0.2, 0.25) is 5.88 Å². The summed E-state index contributed by atoms with van der Waals surface area (Å²) in [6, 6.07) is 3.63. The molecule has 82 valence electrons. The molecule has 5 nitrogen and oxygen atoms in total. The second-order valence-electron chi connectivity index (χ2n) is 3.34. The zero-order valence-corrected chi connectivity index (χ0v) is 9.15. The summed E-state index contributed by atoms with van der Waals surface area (Å²) in [6.45, 7) is 2.36. The van der Waals surface area contributed by atoms with Gasteiger partial charge in [-0.25, -0.2) is 0 Å². The summed E-state index contributed by atoms with van der Waals surface area (Å²) in [5.74, 6) is 0.510. The summed E-state index contributed by atoms with van der Waals surface area (Å²) in [4.78, 5) is 0. The third-order valence-electron chi connectivity index (χ3n) is 2.03. The van der Waals surface area contributed by atoms with Crippen molar-refractivity contribution in [1.29, 1.82) is 5.26 Å². The molecule has 1 heterocycles. The van der Waals surface area contributed by atoms with Crippen molar-refractivity contribution in [3.8, 4) is 11.9 Å². The zero-order valence-electron chi connectivity index (χ0n) is 9.15. The van der Waals surface area contributed by atoms with E-state index in [-0.39, 0.29) is 6.10 Å². The van der Waals surface area contributed by atoms with Crippen molar-refractivity contribution >= 4 is 5.69 Å². The van der Waals surface area contributed by atoms with E-state index < -0.39 is 0 Å². The Kier molecular flexibility index (Phi) is 3.58. The van der Waals surface area contributed by atoms with Crippen LogP contribution in [0.1, 0.15) is 12.6 Å². The first-order chi connectivity index (χ1) is 7.10. The van der Waals surface area contributed by atoms with Gasteiger partial charge in [0, 0.05) is 20.2 Å². The highest BCUT2D eigenvalue weighted by atomic mass is 16.5. The minimum atomic E-state index is -0.0996. The second kappa shape index (κ2) is 4.71. The van der Waals surface area contributed by atoms with E-state index in [2.05, 4.69) is 0 Å². The maximum Gasteiger partial charge on any atom is 0.218 e. The minimum Gasteiger partial charge on any atom is -0.472 e. The minimum absolute atomic E-state index is 0.0996. The standard InChI is InChI=1S/C10H15N3O2/c1-7(6-14-3)15-10-9(12)4-8(5-11)13(10)2/h4,7H,6,12H2,1-3H3/t7-/m0/s1. The number of anilines is 1. The number of hydrogen-bond acceptors (Lipinski definition) is 4. The van der Waals surface area contributed by atoms with E-state index in [0.29, 0.717) is 23.9 Å². The molecule has 1 aromatic rings. The van der Waals surface area contributed by atoms with E-state index >= 15 is 0 Å². The molecule has 2 N–H and O–H groups in total. The lowest BCUT2D eigenvalue weighted by Gasteiger charge is -2.14. The lowest BCUT2D eigenvalue weighted by Crippen LogP contribution is -2.20. The number of hydrogen-bond donors (Lipinski definition) is 1. The van der Waals surface area contributed by atoms with Gasteiger partial charge in [-0.1, -0.05) is 0 Å². The summed E-state index contributed by atoms with van der Waals surface area (Å²) in [7, 11) is 3.35. The Morgan fingerprint density at radius 1 is 1.67 bits per heavy atom. The molecule has 0 aliphatic carbocycles. The topological polar surface area (TPSA) is 73.2 Å². The Bertz CT molecular complexity index is 379. The number of methoxy groups -OCH3 is 1. The first-order valence-electron chi connectivity index (χ1n) is 4.61. The van der Waals surface area contributed by atoms with Gasteiger partial charge in [0.1, 0.15) is 17.9 Å². The molecule has 0 saturated heterocycles. The Hall–Kier alpha value is -1.67. The van der Waals surface area contributed by atoms with Gasteiger partial charge in [-0.2, -0.15) is 5.26 Å². The molecule has 1 atom stereocenters. The number of aromatic nitrogens is 1. The van der Waals surface area contributed by atoms with Crippen molar-refractivity contribution in [2.24, 2.45) is 7.05 Å². The predicted molar refractivity (Wildman–Crippen MR) is 56.5 cm³/mol. The number of nitrogen functional groups attached to an aromatic ring is 1. The first kappa shape index (κ1) is 11.4. The quantitative estimate of drug-likeness (QED) is 0.799. The zero-order chi connectivity index (χ0) is 11.4. The van der Waals surface area contributed by atoms with Gasteiger partial charge in [-0.15, -0.1) is 0 Å². The fourth-order valence-electron chi connectivity index (χ4n) is 1.32. The van der Waals surface area contributed by atoms with Crippen LogP contribution in [0.3, 0.4) is 0 Å². The van der Waals surface area contributed by atoms with Gasteiger partial charge < -0.3 is 19.8 Å². The lowest BCUT2D eigenvalue weighted by molar-refractivity contribution is 0.0873. The SMILES string of the molecule is COC[C@H](C)Oc1c(N)cc(C#N)n1C. The molecule has 0 amide bonds. The summed E-state index contributed by atoms with van der Waals surface area (Å²) >= 11 is 0. The van der Waals surface area contributed by atoms with Crippen molar-refractivity contribution in [3.05, 3.63) is 11.8 Å². The van der Waals surface area contributed by atoms with Crippen molar-refractivity contribution in [2.45, 2.75) is 13.0 Å². The van der Waals surface area contributed by atoms with Gasteiger partial charge in [0.15, 0.2) is 0 Å². The maximum absolute atomic E-state index is 8.79. The molecular formula is C10H15N3O2. The van der Waals surface area contributed by atoms with Gasteiger partial charge in [-0.3, -0.25) is 0 Å². The van der Waals surface area contributed by atoms with Gasteiger partial charge in [-0.05, 0) is 6.92 Å². The van der Waals surface area contributed by atoms with Crippen LogP contribution in [0.4, 0.5) is 5.69 Å². The summed E-state index contributed by atoms with van der Waals surface area (Å²) in [5, 5.41) is 8.79. The van der Waals surface area contributed by atoms with Crippen molar-refractivity contribution in [3.63, 3.8) is 0 Å². The summed E-state index contributed by atoms with van der Waals surface area (Å²) < 4.78 is 12.1. The number of nitriles is 1. The van der Waals surface area contributed by atoms with E-state index in [0.717, 1.165) is 0 Å². The Labute approximate surface area is 89.0 Å². The molecule has 0 aromatic carbocycles. The number of nitrogens with zero attached hydrogens (tertiary/aromatic N) is 2. The van der Waals surface area contributed by atoms with E-state index in [9.17, 15) is 0 Å². The smallest absolute Gasteiger partial charge is 0.218 e. The number of nitrogens with two attached hydrogens (primary N) is 1. The van der Waals surface area contributed by atoms with Gasteiger partial charge in [0.05, 0.1) is 12.3 Å². The van der Waals surface area contributed by atoms with Gasteiger partial charge >= 0.3 is 0 Å². The largest absolute Gasteiger partial charge is 0.472 e. The van der Waals surface area contributed by atoms with E-state index in [1.165, 1.54) is 0 Å². The van der Waals surface area contributed by atoms with Crippen LogP contribution in [-0.2, 0) is 11.8 Å². The molecule has 1 aromatic heterocycles. The average Bonchev–Trinajstić information content (AvgIpc) is 2.45.